The highest BCUT2D eigenvalue weighted by Gasteiger charge is 2.66. The van der Waals surface area contributed by atoms with E-state index >= 15 is 0 Å². The topological polar surface area (TPSA) is 35.5 Å². The van der Waals surface area contributed by atoms with Crippen molar-refractivity contribution in [2.45, 2.75) is 24.9 Å². The Hall–Kier alpha value is -0.570. The molecule has 0 heterocycles. The summed E-state index contributed by atoms with van der Waals surface area (Å²) in [6.07, 6.45) is 3.28. The van der Waals surface area contributed by atoms with E-state index in [0.29, 0.717) is 5.92 Å². The number of carbonyl (C=O) groups is 1. The molecule has 0 N–H and O–H groups in total. The molecule has 0 bridgehead atoms. The first-order valence-corrected chi connectivity index (χ1v) is 4.37. The standard InChI is InChI=1S/C9H14O3/c1-11-8(10)7-5-9(7,12-2)6-3-4-6/h6-7H,3-5H2,1-2H3/t7-,9+/m0/s1. The zero-order valence-corrected chi connectivity index (χ0v) is 7.50. The van der Waals surface area contributed by atoms with Gasteiger partial charge in [-0.1, -0.05) is 0 Å². The fourth-order valence-corrected chi connectivity index (χ4v) is 2.10. The zero-order valence-electron chi connectivity index (χ0n) is 7.50. The molecule has 0 spiro atoms. The molecule has 2 aliphatic rings. The lowest BCUT2D eigenvalue weighted by Gasteiger charge is -2.13. The minimum Gasteiger partial charge on any atom is -0.469 e. The van der Waals surface area contributed by atoms with Gasteiger partial charge in [-0.2, -0.15) is 0 Å². The van der Waals surface area contributed by atoms with Crippen molar-refractivity contribution in [2.75, 3.05) is 14.2 Å². The highest BCUT2D eigenvalue weighted by molar-refractivity contribution is 5.78. The maximum Gasteiger partial charge on any atom is 0.311 e. The molecule has 2 fully saturated rings. The van der Waals surface area contributed by atoms with E-state index in [1.54, 1.807) is 7.11 Å². The summed E-state index contributed by atoms with van der Waals surface area (Å²) < 4.78 is 10.1. The van der Waals surface area contributed by atoms with Crippen LogP contribution in [-0.4, -0.2) is 25.8 Å². The molecule has 0 aromatic carbocycles. The molecule has 2 saturated carbocycles. The average Bonchev–Trinajstić information content (AvgIpc) is 2.93. The van der Waals surface area contributed by atoms with Gasteiger partial charge >= 0.3 is 5.97 Å². The number of esters is 1. The second kappa shape index (κ2) is 2.46. The molecule has 3 heteroatoms. The van der Waals surface area contributed by atoms with Crippen molar-refractivity contribution in [3.8, 4) is 0 Å². The van der Waals surface area contributed by atoms with Crippen molar-refractivity contribution < 1.29 is 14.3 Å². The molecule has 0 amide bonds. The number of hydrogen-bond donors (Lipinski definition) is 0. The van der Waals surface area contributed by atoms with Crippen molar-refractivity contribution in [3.63, 3.8) is 0 Å². The Kier molecular flexibility index (Phi) is 1.65. The van der Waals surface area contributed by atoms with E-state index in [9.17, 15) is 4.79 Å². The number of ether oxygens (including phenoxy) is 2. The summed E-state index contributed by atoms with van der Waals surface area (Å²) >= 11 is 0. The summed E-state index contributed by atoms with van der Waals surface area (Å²) in [5, 5.41) is 0. The fourth-order valence-electron chi connectivity index (χ4n) is 2.10. The van der Waals surface area contributed by atoms with Gasteiger partial charge in [-0.15, -0.1) is 0 Å². The lowest BCUT2D eigenvalue weighted by molar-refractivity contribution is -0.144. The van der Waals surface area contributed by atoms with Crippen molar-refractivity contribution >= 4 is 5.97 Å². The van der Waals surface area contributed by atoms with Crippen LogP contribution in [0.2, 0.25) is 0 Å². The lowest BCUT2D eigenvalue weighted by atomic mass is 10.1. The first-order chi connectivity index (χ1) is 5.74. The van der Waals surface area contributed by atoms with Gasteiger partial charge < -0.3 is 9.47 Å². The largest absolute Gasteiger partial charge is 0.469 e. The van der Waals surface area contributed by atoms with Crippen LogP contribution in [0.4, 0.5) is 0 Å². The van der Waals surface area contributed by atoms with Gasteiger partial charge in [0.1, 0.15) is 0 Å². The van der Waals surface area contributed by atoms with Gasteiger partial charge in [0.25, 0.3) is 0 Å². The van der Waals surface area contributed by atoms with Gasteiger partial charge in [-0.25, -0.2) is 0 Å². The second-order valence-corrected chi connectivity index (χ2v) is 3.71. The van der Waals surface area contributed by atoms with Gasteiger partial charge in [0, 0.05) is 7.11 Å². The molecular weight excluding hydrogens is 156 g/mol. The van der Waals surface area contributed by atoms with Crippen molar-refractivity contribution in [1.29, 1.82) is 0 Å². The van der Waals surface area contributed by atoms with Crippen molar-refractivity contribution in [3.05, 3.63) is 0 Å². The Morgan fingerprint density at radius 3 is 2.50 bits per heavy atom. The van der Waals surface area contributed by atoms with Gasteiger partial charge in [0.15, 0.2) is 0 Å². The fraction of sp³-hybridized carbons (Fsp3) is 0.889. The molecule has 2 atom stereocenters. The summed E-state index contributed by atoms with van der Waals surface area (Å²) in [6.45, 7) is 0. The average molecular weight is 170 g/mol. The molecule has 12 heavy (non-hydrogen) atoms. The van der Waals surface area contributed by atoms with Gasteiger partial charge in [-0.05, 0) is 25.2 Å². The zero-order chi connectivity index (χ0) is 8.77. The molecule has 0 radical (unpaired) electrons. The highest BCUT2D eigenvalue weighted by Crippen LogP contribution is 2.60. The van der Waals surface area contributed by atoms with Crippen LogP contribution in [0.15, 0.2) is 0 Å². The van der Waals surface area contributed by atoms with E-state index in [0.717, 1.165) is 6.42 Å². The number of hydrogen-bond acceptors (Lipinski definition) is 3. The van der Waals surface area contributed by atoms with E-state index in [4.69, 9.17) is 9.47 Å². The second-order valence-electron chi connectivity index (χ2n) is 3.71. The summed E-state index contributed by atoms with van der Waals surface area (Å²) in [4.78, 5) is 11.2. The van der Waals surface area contributed by atoms with Gasteiger partial charge in [0.05, 0.1) is 18.6 Å². The molecular formula is C9H14O3. The van der Waals surface area contributed by atoms with Crippen molar-refractivity contribution in [1.82, 2.24) is 0 Å². The Labute approximate surface area is 72.0 Å². The van der Waals surface area contributed by atoms with Gasteiger partial charge in [-0.3, -0.25) is 4.79 Å². The van der Waals surface area contributed by atoms with Crippen LogP contribution in [0, 0.1) is 11.8 Å². The van der Waals surface area contributed by atoms with E-state index < -0.39 is 0 Å². The Bertz CT molecular complexity index is 210. The van der Waals surface area contributed by atoms with E-state index in [1.165, 1.54) is 20.0 Å². The number of methoxy groups -OCH3 is 2. The first kappa shape index (κ1) is 8.05. The van der Waals surface area contributed by atoms with Crippen LogP contribution in [0.3, 0.4) is 0 Å². The van der Waals surface area contributed by atoms with Crippen LogP contribution in [0.5, 0.6) is 0 Å². The molecule has 0 aliphatic heterocycles. The summed E-state index contributed by atoms with van der Waals surface area (Å²) in [7, 11) is 3.13. The van der Waals surface area contributed by atoms with E-state index in [-0.39, 0.29) is 17.5 Å². The SMILES string of the molecule is COC(=O)[C@@H]1C[C@@]1(OC)C1CC1. The van der Waals surface area contributed by atoms with Crippen molar-refractivity contribution in [2.24, 2.45) is 11.8 Å². The predicted molar refractivity (Wildman–Crippen MR) is 42.6 cm³/mol. The molecule has 0 unspecified atom stereocenters. The third-order valence-corrected chi connectivity index (χ3v) is 3.09. The smallest absolute Gasteiger partial charge is 0.311 e. The molecule has 2 rings (SSSR count). The maximum absolute atomic E-state index is 11.2. The Morgan fingerprint density at radius 1 is 1.42 bits per heavy atom. The van der Waals surface area contributed by atoms with Crippen LogP contribution >= 0.6 is 0 Å². The predicted octanol–water partition coefficient (Wildman–Crippen LogP) is 0.974. The Morgan fingerprint density at radius 2 is 2.08 bits per heavy atom. The summed E-state index contributed by atoms with van der Waals surface area (Å²) in [6, 6.07) is 0. The van der Waals surface area contributed by atoms with Gasteiger partial charge in [0.2, 0.25) is 0 Å². The Balaban J connectivity index is 2.01. The normalized spacial score (nSPS) is 39.3. The minimum absolute atomic E-state index is 0.0139. The molecule has 0 aromatic rings. The molecule has 0 aromatic heterocycles. The van der Waals surface area contributed by atoms with E-state index in [2.05, 4.69) is 0 Å². The maximum atomic E-state index is 11.2. The van der Waals surface area contributed by atoms with Crippen LogP contribution in [0.25, 0.3) is 0 Å². The quantitative estimate of drug-likeness (QED) is 0.592. The molecule has 0 saturated heterocycles. The highest BCUT2D eigenvalue weighted by atomic mass is 16.5. The molecule has 2 aliphatic carbocycles. The third kappa shape index (κ3) is 0.959. The van der Waals surface area contributed by atoms with E-state index in [1.807, 2.05) is 0 Å². The first-order valence-electron chi connectivity index (χ1n) is 4.37. The van der Waals surface area contributed by atoms with Crippen LogP contribution in [0.1, 0.15) is 19.3 Å². The van der Waals surface area contributed by atoms with Crippen LogP contribution in [-0.2, 0) is 14.3 Å². The summed E-state index contributed by atoms with van der Waals surface area (Å²) in [5.74, 6) is 0.523. The third-order valence-electron chi connectivity index (χ3n) is 3.09. The minimum atomic E-state index is -0.132. The summed E-state index contributed by atoms with van der Waals surface area (Å²) in [5.41, 5.74) is -0.132. The number of carbonyl (C=O) groups excluding carboxylic acids is 1. The monoisotopic (exact) mass is 170 g/mol. The molecule has 3 nitrogen and oxygen atoms in total. The lowest BCUT2D eigenvalue weighted by Crippen LogP contribution is -2.22. The molecule has 68 valence electrons. The van der Waals surface area contributed by atoms with Crippen LogP contribution < -0.4 is 0 Å². The number of rotatable bonds is 3.